The number of likely N-dealkylation sites (tertiary alicyclic amines) is 2. The minimum atomic E-state index is -0.0646. The number of piperidine rings is 1. The van der Waals surface area contributed by atoms with Gasteiger partial charge in [-0.15, -0.1) is 10.2 Å². The highest BCUT2D eigenvalue weighted by Gasteiger charge is 2.48. The molecule has 3 rings (SSSR count). The van der Waals surface area contributed by atoms with E-state index in [9.17, 15) is 9.59 Å². The molecule has 2 fully saturated rings. The van der Waals surface area contributed by atoms with Gasteiger partial charge in [0.1, 0.15) is 0 Å². The Bertz CT molecular complexity index is 767. The SMILES string of the molecule is CC(C)CNC(=O)N1CCC2(CC1)CC(c1nnc(C(C)C)o1)N(CC(=O)N(C)C)C2. The summed E-state index contributed by atoms with van der Waals surface area (Å²) < 4.78 is 5.99. The van der Waals surface area contributed by atoms with E-state index in [0.717, 1.165) is 38.9 Å². The molecule has 1 aromatic rings. The summed E-state index contributed by atoms with van der Waals surface area (Å²) in [6.45, 7) is 11.5. The van der Waals surface area contributed by atoms with Crippen LogP contribution in [0.3, 0.4) is 0 Å². The number of likely N-dealkylation sites (N-methyl/N-ethyl adjacent to an activating group) is 1. The summed E-state index contributed by atoms with van der Waals surface area (Å²) >= 11 is 0. The lowest BCUT2D eigenvalue weighted by Crippen LogP contribution is -2.48. The Balaban J connectivity index is 1.70. The van der Waals surface area contributed by atoms with Crippen molar-refractivity contribution in [1.29, 1.82) is 0 Å². The number of nitrogens with zero attached hydrogens (tertiary/aromatic N) is 5. The average Bonchev–Trinajstić information content (AvgIpc) is 3.32. The molecule has 9 nitrogen and oxygen atoms in total. The lowest BCUT2D eigenvalue weighted by atomic mass is 9.76. The third-order valence-corrected chi connectivity index (χ3v) is 6.45. The van der Waals surface area contributed by atoms with E-state index in [4.69, 9.17) is 4.42 Å². The lowest BCUT2D eigenvalue weighted by molar-refractivity contribution is -0.130. The molecule has 0 saturated carbocycles. The third-order valence-electron chi connectivity index (χ3n) is 6.45. The van der Waals surface area contributed by atoms with Gasteiger partial charge in [0.2, 0.25) is 17.7 Å². The topological polar surface area (TPSA) is 94.8 Å². The Labute approximate surface area is 185 Å². The van der Waals surface area contributed by atoms with Gasteiger partial charge in [0, 0.05) is 46.2 Å². The third kappa shape index (κ3) is 5.56. The van der Waals surface area contributed by atoms with Gasteiger partial charge in [-0.3, -0.25) is 9.69 Å². The first kappa shape index (κ1) is 23.5. The largest absolute Gasteiger partial charge is 0.423 e. The molecule has 2 saturated heterocycles. The van der Waals surface area contributed by atoms with E-state index in [1.165, 1.54) is 0 Å². The Kier molecular flexibility index (Phi) is 7.24. The van der Waals surface area contributed by atoms with Gasteiger partial charge in [0.05, 0.1) is 12.6 Å². The van der Waals surface area contributed by atoms with E-state index in [1.807, 2.05) is 18.7 Å². The molecule has 2 aliphatic rings. The molecule has 1 N–H and O–H groups in total. The normalized spacial score (nSPS) is 21.3. The predicted molar refractivity (Wildman–Crippen MR) is 117 cm³/mol. The number of hydrogen-bond acceptors (Lipinski definition) is 6. The highest BCUT2D eigenvalue weighted by molar-refractivity contribution is 5.77. The molecule has 2 aliphatic heterocycles. The van der Waals surface area contributed by atoms with Gasteiger partial charge in [-0.2, -0.15) is 0 Å². The number of hydrogen-bond donors (Lipinski definition) is 1. The summed E-state index contributed by atoms with van der Waals surface area (Å²) in [6.07, 6.45) is 2.70. The average molecular weight is 435 g/mol. The first-order chi connectivity index (χ1) is 14.6. The van der Waals surface area contributed by atoms with E-state index in [1.54, 1.807) is 19.0 Å². The van der Waals surface area contributed by atoms with Gasteiger partial charge >= 0.3 is 6.03 Å². The molecule has 1 spiro atoms. The van der Waals surface area contributed by atoms with Crippen LogP contribution >= 0.6 is 0 Å². The highest BCUT2D eigenvalue weighted by Crippen LogP contribution is 2.48. The maximum absolute atomic E-state index is 12.5. The maximum Gasteiger partial charge on any atom is 0.317 e. The molecule has 1 unspecified atom stereocenters. The van der Waals surface area contributed by atoms with Crippen LogP contribution in [0.2, 0.25) is 0 Å². The summed E-state index contributed by atoms with van der Waals surface area (Å²) in [5.41, 5.74) is 0.0541. The first-order valence-electron chi connectivity index (χ1n) is 11.4. The minimum absolute atomic E-state index is 0.0243. The molecule has 1 atom stereocenters. The fraction of sp³-hybridized carbons (Fsp3) is 0.818. The van der Waals surface area contributed by atoms with Crippen molar-refractivity contribution in [3.05, 3.63) is 11.8 Å². The van der Waals surface area contributed by atoms with Gasteiger partial charge < -0.3 is 19.5 Å². The van der Waals surface area contributed by atoms with Crippen molar-refractivity contribution >= 4 is 11.9 Å². The van der Waals surface area contributed by atoms with Crippen LogP contribution < -0.4 is 5.32 Å². The van der Waals surface area contributed by atoms with Crippen molar-refractivity contribution in [2.24, 2.45) is 11.3 Å². The Morgan fingerprint density at radius 3 is 2.42 bits per heavy atom. The van der Waals surface area contributed by atoms with Crippen LogP contribution in [0.4, 0.5) is 4.79 Å². The number of aromatic nitrogens is 2. The number of amides is 3. The van der Waals surface area contributed by atoms with Crippen molar-refractivity contribution < 1.29 is 14.0 Å². The van der Waals surface area contributed by atoms with E-state index in [2.05, 4.69) is 34.3 Å². The number of rotatable bonds is 6. The predicted octanol–water partition coefficient (Wildman–Crippen LogP) is 2.48. The number of urea groups is 1. The lowest BCUT2D eigenvalue weighted by Gasteiger charge is -2.39. The number of carbonyl (C=O) groups is 2. The Hall–Kier alpha value is -2.16. The van der Waals surface area contributed by atoms with Gasteiger partial charge in [-0.25, -0.2) is 4.79 Å². The number of carbonyl (C=O) groups excluding carboxylic acids is 2. The summed E-state index contributed by atoms with van der Waals surface area (Å²) in [5, 5.41) is 11.6. The van der Waals surface area contributed by atoms with Crippen LogP contribution in [0, 0.1) is 11.3 Å². The molecular formula is C22H38N6O3. The zero-order valence-electron chi connectivity index (χ0n) is 19.8. The van der Waals surface area contributed by atoms with E-state index in [0.29, 0.717) is 30.8 Å². The first-order valence-corrected chi connectivity index (χ1v) is 11.4. The Morgan fingerprint density at radius 1 is 1.19 bits per heavy atom. The van der Waals surface area contributed by atoms with Gasteiger partial charge in [0.25, 0.3) is 0 Å². The zero-order valence-corrected chi connectivity index (χ0v) is 19.8. The van der Waals surface area contributed by atoms with Crippen LogP contribution in [0.15, 0.2) is 4.42 Å². The zero-order chi connectivity index (χ0) is 22.8. The molecule has 1 aromatic heterocycles. The maximum atomic E-state index is 12.5. The second kappa shape index (κ2) is 9.54. The van der Waals surface area contributed by atoms with Gasteiger partial charge in [-0.1, -0.05) is 27.7 Å². The van der Waals surface area contributed by atoms with E-state index >= 15 is 0 Å². The number of nitrogens with one attached hydrogen (secondary N) is 1. The van der Waals surface area contributed by atoms with Crippen LogP contribution in [-0.4, -0.2) is 83.7 Å². The van der Waals surface area contributed by atoms with Crippen LogP contribution in [0.25, 0.3) is 0 Å². The minimum Gasteiger partial charge on any atom is -0.423 e. The molecule has 3 amide bonds. The van der Waals surface area contributed by atoms with Gasteiger partial charge in [-0.05, 0) is 30.6 Å². The standard InChI is InChI=1S/C22H38N6O3/c1-15(2)12-23-21(30)27-9-7-22(8-10-27)11-17(20-25-24-19(31-20)16(3)4)28(14-22)13-18(29)26(5)6/h15-17H,7-14H2,1-6H3,(H,23,30). The van der Waals surface area contributed by atoms with E-state index in [-0.39, 0.29) is 29.3 Å². The smallest absolute Gasteiger partial charge is 0.317 e. The molecule has 31 heavy (non-hydrogen) atoms. The Morgan fingerprint density at radius 2 is 1.87 bits per heavy atom. The summed E-state index contributed by atoms with van der Waals surface area (Å²) in [6, 6.07) is -0.0403. The molecule has 0 aliphatic carbocycles. The second-order valence-corrected chi connectivity index (χ2v) is 10.1. The monoisotopic (exact) mass is 434 g/mol. The molecule has 3 heterocycles. The molecular weight excluding hydrogens is 396 g/mol. The summed E-state index contributed by atoms with van der Waals surface area (Å²) in [7, 11) is 3.56. The molecule has 9 heteroatoms. The molecule has 0 bridgehead atoms. The van der Waals surface area contributed by atoms with Crippen molar-refractivity contribution in [2.45, 2.75) is 58.9 Å². The van der Waals surface area contributed by atoms with Crippen LogP contribution in [0.1, 0.15) is 70.7 Å². The fourth-order valence-corrected chi connectivity index (χ4v) is 4.43. The molecule has 0 aromatic carbocycles. The van der Waals surface area contributed by atoms with Gasteiger partial charge in [0.15, 0.2) is 0 Å². The summed E-state index contributed by atoms with van der Waals surface area (Å²) in [5.74, 6) is 1.90. The van der Waals surface area contributed by atoms with Crippen molar-refractivity contribution in [3.8, 4) is 0 Å². The van der Waals surface area contributed by atoms with E-state index < -0.39 is 0 Å². The summed E-state index contributed by atoms with van der Waals surface area (Å²) in [4.78, 5) is 30.7. The highest BCUT2D eigenvalue weighted by atomic mass is 16.4. The fourth-order valence-electron chi connectivity index (χ4n) is 4.43. The second-order valence-electron chi connectivity index (χ2n) is 10.1. The molecule has 0 radical (unpaired) electrons. The van der Waals surface area contributed by atoms with Crippen molar-refractivity contribution in [2.75, 3.05) is 46.8 Å². The molecule has 174 valence electrons. The van der Waals surface area contributed by atoms with Crippen molar-refractivity contribution in [1.82, 2.24) is 30.2 Å². The quantitative estimate of drug-likeness (QED) is 0.739. The van der Waals surface area contributed by atoms with Crippen LogP contribution in [0.5, 0.6) is 0 Å². The van der Waals surface area contributed by atoms with Crippen LogP contribution in [-0.2, 0) is 4.79 Å². The van der Waals surface area contributed by atoms with Crippen molar-refractivity contribution in [3.63, 3.8) is 0 Å².